The van der Waals surface area contributed by atoms with Crippen molar-refractivity contribution in [2.45, 2.75) is 13.5 Å². The van der Waals surface area contributed by atoms with Crippen LogP contribution in [0.1, 0.15) is 26.4 Å². The van der Waals surface area contributed by atoms with Crippen molar-refractivity contribution >= 4 is 11.9 Å². The number of carbonyl (C=O) groups excluding carboxylic acids is 1. The summed E-state index contributed by atoms with van der Waals surface area (Å²) in [6.07, 6.45) is 1.32. The summed E-state index contributed by atoms with van der Waals surface area (Å²) in [5, 5.41) is 18.6. The van der Waals surface area contributed by atoms with Crippen molar-refractivity contribution in [3.8, 4) is 0 Å². The maximum atomic E-state index is 11.9. The first-order valence-corrected chi connectivity index (χ1v) is 6.05. The van der Waals surface area contributed by atoms with Crippen LogP contribution in [0.25, 0.3) is 0 Å². The molecule has 0 aliphatic carbocycles. The van der Waals surface area contributed by atoms with E-state index in [2.05, 4.69) is 15.6 Å². The fourth-order valence-corrected chi connectivity index (χ4v) is 1.71. The summed E-state index contributed by atoms with van der Waals surface area (Å²) < 4.78 is 1.38. The number of carboxylic acid groups (broad SMARTS) is 1. The van der Waals surface area contributed by atoms with Crippen molar-refractivity contribution in [1.29, 1.82) is 0 Å². The minimum atomic E-state index is -1.12. The highest BCUT2D eigenvalue weighted by atomic mass is 16.4. The number of benzene rings is 1. The summed E-state index contributed by atoms with van der Waals surface area (Å²) in [6.45, 7) is 2.57. The van der Waals surface area contributed by atoms with Gasteiger partial charge >= 0.3 is 5.97 Å². The predicted octanol–water partition coefficient (Wildman–Crippen LogP) is 0.715. The van der Waals surface area contributed by atoms with Crippen LogP contribution in [0.2, 0.25) is 0 Å². The lowest BCUT2D eigenvalue weighted by atomic mass is 10.1. The zero-order chi connectivity index (χ0) is 14.5. The Morgan fingerprint density at radius 3 is 2.75 bits per heavy atom. The van der Waals surface area contributed by atoms with E-state index in [9.17, 15) is 9.59 Å². The molecule has 7 nitrogen and oxygen atoms in total. The summed E-state index contributed by atoms with van der Waals surface area (Å²) >= 11 is 0. The van der Waals surface area contributed by atoms with Gasteiger partial charge in [-0.3, -0.25) is 4.79 Å². The lowest BCUT2D eigenvalue weighted by Crippen LogP contribution is -2.27. The molecule has 1 heterocycles. The van der Waals surface area contributed by atoms with Gasteiger partial charge in [0.15, 0.2) is 5.69 Å². The Morgan fingerprint density at radius 1 is 1.35 bits per heavy atom. The molecular weight excluding hydrogens is 260 g/mol. The summed E-state index contributed by atoms with van der Waals surface area (Å²) in [5.74, 6) is -1.29. The Bertz CT molecular complexity index is 636. The molecule has 0 radical (unpaired) electrons. The Balaban J connectivity index is 1.88. The molecule has 0 bridgehead atoms. The third kappa shape index (κ3) is 3.19. The van der Waals surface area contributed by atoms with E-state index in [0.717, 1.165) is 5.56 Å². The molecule has 0 spiro atoms. The van der Waals surface area contributed by atoms with Crippen LogP contribution in [-0.4, -0.2) is 38.5 Å². The molecule has 2 rings (SSSR count). The Kier molecular flexibility index (Phi) is 4.09. The van der Waals surface area contributed by atoms with Crippen molar-refractivity contribution in [2.75, 3.05) is 6.54 Å². The standard InChI is InChI=1S/C13H14N4O3/c1-9-4-2-3-5-10(9)12(18)14-6-7-17-8-11(13(19)20)15-16-17/h2-5,8H,6-7H2,1H3,(H,14,18)(H,19,20). The number of aromatic nitrogens is 3. The summed E-state index contributed by atoms with van der Waals surface area (Å²) in [7, 11) is 0. The Hall–Kier alpha value is -2.70. The van der Waals surface area contributed by atoms with E-state index in [4.69, 9.17) is 5.11 Å². The van der Waals surface area contributed by atoms with Crippen molar-refractivity contribution in [3.05, 3.63) is 47.3 Å². The summed E-state index contributed by atoms with van der Waals surface area (Å²) in [6, 6.07) is 7.29. The molecule has 0 saturated heterocycles. The lowest BCUT2D eigenvalue weighted by Gasteiger charge is -2.07. The van der Waals surface area contributed by atoms with Gasteiger partial charge in [0.05, 0.1) is 12.7 Å². The summed E-state index contributed by atoms with van der Waals surface area (Å²) in [4.78, 5) is 22.6. The number of amides is 1. The van der Waals surface area contributed by atoms with Gasteiger partial charge in [0, 0.05) is 12.1 Å². The second-order valence-electron chi connectivity index (χ2n) is 4.24. The highest BCUT2D eigenvalue weighted by Crippen LogP contribution is 2.06. The highest BCUT2D eigenvalue weighted by Gasteiger charge is 2.09. The van der Waals surface area contributed by atoms with Crippen LogP contribution < -0.4 is 5.32 Å². The van der Waals surface area contributed by atoms with Gasteiger partial charge in [-0.05, 0) is 18.6 Å². The number of nitrogens with zero attached hydrogens (tertiary/aromatic N) is 3. The molecule has 7 heteroatoms. The molecule has 0 fully saturated rings. The van der Waals surface area contributed by atoms with Crippen LogP contribution in [0.3, 0.4) is 0 Å². The first kappa shape index (κ1) is 13.7. The molecule has 0 aliphatic heterocycles. The van der Waals surface area contributed by atoms with E-state index in [1.54, 1.807) is 12.1 Å². The summed E-state index contributed by atoms with van der Waals surface area (Å²) in [5.41, 5.74) is 1.41. The second kappa shape index (κ2) is 5.96. The monoisotopic (exact) mass is 274 g/mol. The molecule has 104 valence electrons. The van der Waals surface area contributed by atoms with Crippen molar-refractivity contribution in [3.63, 3.8) is 0 Å². The minimum Gasteiger partial charge on any atom is -0.476 e. The molecule has 1 amide bonds. The molecule has 1 aromatic heterocycles. The van der Waals surface area contributed by atoms with Crippen LogP contribution in [0, 0.1) is 6.92 Å². The van der Waals surface area contributed by atoms with Crippen molar-refractivity contribution in [1.82, 2.24) is 20.3 Å². The number of hydrogen-bond donors (Lipinski definition) is 2. The Labute approximate surface area is 115 Å². The average Bonchev–Trinajstić information content (AvgIpc) is 2.88. The number of rotatable bonds is 5. The molecule has 20 heavy (non-hydrogen) atoms. The van der Waals surface area contributed by atoms with Crippen LogP contribution in [0.4, 0.5) is 0 Å². The molecule has 2 N–H and O–H groups in total. The number of nitrogens with one attached hydrogen (secondary N) is 1. The molecular formula is C13H14N4O3. The zero-order valence-corrected chi connectivity index (χ0v) is 10.9. The topological polar surface area (TPSA) is 97.1 Å². The third-order valence-electron chi connectivity index (χ3n) is 2.77. The molecule has 2 aromatic rings. The fraction of sp³-hybridized carbons (Fsp3) is 0.231. The quantitative estimate of drug-likeness (QED) is 0.837. The van der Waals surface area contributed by atoms with Gasteiger partial charge in [0.2, 0.25) is 0 Å². The second-order valence-corrected chi connectivity index (χ2v) is 4.24. The van der Waals surface area contributed by atoms with E-state index in [-0.39, 0.29) is 11.6 Å². The molecule has 1 aromatic carbocycles. The van der Waals surface area contributed by atoms with E-state index in [1.165, 1.54) is 10.9 Å². The van der Waals surface area contributed by atoms with E-state index < -0.39 is 5.97 Å². The average molecular weight is 274 g/mol. The predicted molar refractivity (Wildman–Crippen MR) is 70.5 cm³/mol. The highest BCUT2D eigenvalue weighted by molar-refractivity contribution is 5.95. The molecule has 0 aliphatic rings. The van der Waals surface area contributed by atoms with Gasteiger partial charge in [-0.2, -0.15) is 0 Å². The van der Waals surface area contributed by atoms with Gasteiger partial charge in [-0.1, -0.05) is 23.4 Å². The lowest BCUT2D eigenvalue weighted by molar-refractivity contribution is 0.0690. The largest absolute Gasteiger partial charge is 0.476 e. The van der Waals surface area contributed by atoms with Gasteiger partial charge in [0.1, 0.15) is 0 Å². The fourth-order valence-electron chi connectivity index (χ4n) is 1.71. The van der Waals surface area contributed by atoms with Crippen LogP contribution >= 0.6 is 0 Å². The van der Waals surface area contributed by atoms with Crippen LogP contribution in [0.5, 0.6) is 0 Å². The first-order chi connectivity index (χ1) is 9.58. The van der Waals surface area contributed by atoms with E-state index >= 15 is 0 Å². The van der Waals surface area contributed by atoms with Gasteiger partial charge in [0.25, 0.3) is 5.91 Å². The number of carboxylic acids is 1. The third-order valence-corrected chi connectivity index (χ3v) is 2.77. The maximum absolute atomic E-state index is 11.9. The maximum Gasteiger partial charge on any atom is 0.358 e. The molecule has 0 saturated carbocycles. The SMILES string of the molecule is Cc1ccccc1C(=O)NCCn1cc(C(=O)O)nn1. The van der Waals surface area contributed by atoms with Crippen molar-refractivity contribution in [2.24, 2.45) is 0 Å². The van der Waals surface area contributed by atoms with Crippen LogP contribution in [0.15, 0.2) is 30.5 Å². The first-order valence-electron chi connectivity index (χ1n) is 6.05. The number of carbonyl (C=O) groups is 2. The molecule has 0 unspecified atom stereocenters. The zero-order valence-electron chi connectivity index (χ0n) is 10.9. The van der Waals surface area contributed by atoms with Crippen LogP contribution in [-0.2, 0) is 6.54 Å². The van der Waals surface area contributed by atoms with Gasteiger partial charge in [-0.15, -0.1) is 5.10 Å². The smallest absolute Gasteiger partial charge is 0.358 e. The Morgan fingerprint density at radius 2 is 2.10 bits per heavy atom. The minimum absolute atomic E-state index is 0.116. The van der Waals surface area contributed by atoms with E-state index in [0.29, 0.717) is 18.7 Å². The van der Waals surface area contributed by atoms with Gasteiger partial charge < -0.3 is 10.4 Å². The number of aryl methyl sites for hydroxylation is 1. The number of hydrogen-bond acceptors (Lipinski definition) is 4. The van der Waals surface area contributed by atoms with E-state index in [1.807, 2.05) is 19.1 Å². The van der Waals surface area contributed by atoms with Gasteiger partial charge in [-0.25, -0.2) is 9.48 Å². The van der Waals surface area contributed by atoms with Crippen molar-refractivity contribution < 1.29 is 14.7 Å². The number of aromatic carboxylic acids is 1. The molecule has 0 atom stereocenters. The normalized spacial score (nSPS) is 10.2.